The van der Waals surface area contributed by atoms with Gasteiger partial charge in [-0.2, -0.15) is 0 Å². The molecular weight excluding hydrogens is 226 g/mol. The van der Waals surface area contributed by atoms with Crippen molar-refractivity contribution in [3.63, 3.8) is 0 Å². The number of piperidine rings is 1. The molecule has 3 aliphatic heterocycles. The Kier molecular flexibility index (Phi) is 3.57. The Balaban J connectivity index is 1.48. The molecule has 0 radical (unpaired) electrons. The number of hydrogen-bond donors (Lipinski definition) is 0. The molecule has 3 aliphatic rings. The highest BCUT2D eigenvalue weighted by Gasteiger charge is 2.39. The molecule has 0 bridgehead atoms. The highest BCUT2D eigenvalue weighted by atomic mass is 16.2. The van der Waals surface area contributed by atoms with Crippen LogP contribution in [-0.2, 0) is 4.79 Å². The van der Waals surface area contributed by atoms with Crippen LogP contribution in [0, 0.1) is 11.8 Å². The first-order chi connectivity index (χ1) is 8.72. The first-order valence-corrected chi connectivity index (χ1v) is 7.41. The van der Waals surface area contributed by atoms with Crippen LogP contribution in [0.5, 0.6) is 0 Å². The predicted octanol–water partition coefficient (Wildman–Crippen LogP) is 0.492. The number of nitrogens with zero attached hydrogens (tertiary/aromatic N) is 3. The molecule has 4 heteroatoms. The third-order valence-electron chi connectivity index (χ3n) is 4.81. The molecule has 2 unspecified atom stereocenters. The summed E-state index contributed by atoms with van der Waals surface area (Å²) in [5.74, 6) is 1.98. The van der Waals surface area contributed by atoms with E-state index in [0.717, 1.165) is 38.0 Å². The lowest BCUT2D eigenvalue weighted by Crippen LogP contribution is -2.42. The van der Waals surface area contributed by atoms with Crippen molar-refractivity contribution >= 4 is 5.91 Å². The maximum Gasteiger partial charge on any atom is 0.236 e. The SMILES string of the molecule is CN1CC2CN(CC(=O)N3CCCCC3)CC2C1. The normalized spacial score (nSPS) is 33.9. The van der Waals surface area contributed by atoms with Crippen molar-refractivity contribution in [2.75, 3.05) is 52.9 Å². The number of fused-ring (bicyclic) bond motifs is 1. The van der Waals surface area contributed by atoms with Crippen LogP contribution in [-0.4, -0.2) is 73.5 Å². The van der Waals surface area contributed by atoms with Crippen LogP contribution in [0.25, 0.3) is 0 Å². The Morgan fingerprint density at radius 1 is 1.00 bits per heavy atom. The van der Waals surface area contributed by atoms with Gasteiger partial charge in [0.25, 0.3) is 0 Å². The van der Waals surface area contributed by atoms with Gasteiger partial charge in [-0.3, -0.25) is 9.69 Å². The lowest BCUT2D eigenvalue weighted by Gasteiger charge is -2.29. The minimum absolute atomic E-state index is 0.364. The molecule has 0 aliphatic carbocycles. The van der Waals surface area contributed by atoms with Crippen molar-refractivity contribution in [1.82, 2.24) is 14.7 Å². The molecule has 102 valence electrons. The Labute approximate surface area is 110 Å². The molecule has 0 N–H and O–H groups in total. The van der Waals surface area contributed by atoms with E-state index in [9.17, 15) is 4.79 Å². The number of carbonyl (C=O) groups excluding carboxylic acids is 1. The first kappa shape index (κ1) is 12.4. The van der Waals surface area contributed by atoms with E-state index in [1.807, 2.05) is 0 Å². The molecule has 2 atom stereocenters. The second-order valence-electron chi connectivity index (χ2n) is 6.38. The summed E-state index contributed by atoms with van der Waals surface area (Å²) in [7, 11) is 2.21. The van der Waals surface area contributed by atoms with Crippen LogP contribution in [0.2, 0.25) is 0 Å². The van der Waals surface area contributed by atoms with Gasteiger partial charge in [0.05, 0.1) is 6.54 Å². The van der Waals surface area contributed by atoms with Crippen molar-refractivity contribution in [1.29, 1.82) is 0 Å². The van der Waals surface area contributed by atoms with Gasteiger partial charge in [0, 0.05) is 39.3 Å². The summed E-state index contributed by atoms with van der Waals surface area (Å²) >= 11 is 0. The predicted molar refractivity (Wildman–Crippen MR) is 71.3 cm³/mol. The van der Waals surface area contributed by atoms with Gasteiger partial charge in [-0.15, -0.1) is 0 Å². The van der Waals surface area contributed by atoms with E-state index in [1.165, 1.54) is 32.4 Å². The summed E-state index contributed by atoms with van der Waals surface area (Å²) in [6.45, 7) is 7.35. The van der Waals surface area contributed by atoms with Crippen LogP contribution in [0.3, 0.4) is 0 Å². The largest absolute Gasteiger partial charge is 0.342 e. The minimum atomic E-state index is 0.364. The van der Waals surface area contributed by atoms with Gasteiger partial charge in [-0.25, -0.2) is 0 Å². The second kappa shape index (κ2) is 5.17. The molecule has 0 aromatic carbocycles. The molecule has 18 heavy (non-hydrogen) atoms. The Hall–Kier alpha value is -0.610. The highest BCUT2D eigenvalue weighted by Crippen LogP contribution is 2.29. The third kappa shape index (κ3) is 2.54. The summed E-state index contributed by atoms with van der Waals surface area (Å²) in [6.07, 6.45) is 3.69. The zero-order valence-electron chi connectivity index (χ0n) is 11.5. The van der Waals surface area contributed by atoms with Gasteiger partial charge >= 0.3 is 0 Å². The van der Waals surface area contributed by atoms with Crippen LogP contribution < -0.4 is 0 Å². The molecular formula is C14H25N3O. The Bertz CT molecular complexity index is 300. The fourth-order valence-corrected chi connectivity index (χ4v) is 3.89. The molecule has 3 fully saturated rings. The Morgan fingerprint density at radius 2 is 1.61 bits per heavy atom. The molecule has 0 aromatic heterocycles. The molecule has 0 spiro atoms. The smallest absolute Gasteiger partial charge is 0.236 e. The second-order valence-corrected chi connectivity index (χ2v) is 6.38. The first-order valence-electron chi connectivity index (χ1n) is 7.41. The lowest BCUT2D eigenvalue weighted by molar-refractivity contribution is -0.133. The van der Waals surface area contributed by atoms with Gasteiger partial charge in [-0.05, 0) is 38.1 Å². The molecule has 0 saturated carbocycles. The maximum atomic E-state index is 12.2. The van der Waals surface area contributed by atoms with E-state index in [-0.39, 0.29) is 0 Å². The van der Waals surface area contributed by atoms with E-state index in [1.54, 1.807) is 0 Å². The monoisotopic (exact) mass is 251 g/mol. The molecule has 1 amide bonds. The third-order valence-corrected chi connectivity index (χ3v) is 4.81. The molecule has 0 aromatic rings. The molecule has 3 rings (SSSR count). The number of hydrogen-bond acceptors (Lipinski definition) is 3. The zero-order valence-corrected chi connectivity index (χ0v) is 11.5. The van der Waals surface area contributed by atoms with Crippen LogP contribution in [0.1, 0.15) is 19.3 Å². The van der Waals surface area contributed by atoms with E-state index < -0.39 is 0 Å². The number of carbonyl (C=O) groups is 1. The quantitative estimate of drug-likeness (QED) is 0.715. The van der Waals surface area contributed by atoms with Crippen molar-refractivity contribution in [2.24, 2.45) is 11.8 Å². The summed E-state index contributed by atoms with van der Waals surface area (Å²) in [4.78, 5) is 19.1. The van der Waals surface area contributed by atoms with E-state index in [0.29, 0.717) is 12.5 Å². The van der Waals surface area contributed by atoms with Crippen molar-refractivity contribution in [3.05, 3.63) is 0 Å². The van der Waals surface area contributed by atoms with Crippen LogP contribution in [0.15, 0.2) is 0 Å². The summed E-state index contributed by atoms with van der Waals surface area (Å²) in [6, 6.07) is 0. The summed E-state index contributed by atoms with van der Waals surface area (Å²) < 4.78 is 0. The number of likely N-dealkylation sites (tertiary alicyclic amines) is 3. The topological polar surface area (TPSA) is 26.8 Å². The standard InChI is InChI=1S/C14H25N3O/c1-15-7-12-9-16(10-13(12)8-15)11-14(18)17-5-3-2-4-6-17/h12-13H,2-11H2,1H3. The van der Waals surface area contributed by atoms with Gasteiger partial charge in [0.15, 0.2) is 0 Å². The fourth-order valence-electron chi connectivity index (χ4n) is 3.89. The van der Waals surface area contributed by atoms with E-state index in [2.05, 4.69) is 21.7 Å². The summed E-state index contributed by atoms with van der Waals surface area (Å²) in [5.41, 5.74) is 0. The average Bonchev–Trinajstić information content (AvgIpc) is 2.86. The van der Waals surface area contributed by atoms with Gasteiger partial charge < -0.3 is 9.80 Å². The number of amides is 1. The van der Waals surface area contributed by atoms with Gasteiger partial charge in [0.2, 0.25) is 5.91 Å². The van der Waals surface area contributed by atoms with E-state index in [4.69, 9.17) is 0 Å². The summed E-state index contributed by atoms with van der Waals surface area (Å²) in [5, 5.41) is 0. The van der Waals surface area contributed by atoms with Crippen molar-refractivity contribution in [3.8, 4) is 0 Å². The average molecular weight is 251 g/mol. The maximum absolute atomic E-state index is 12.2. The van der Waals surface area contributed by atoms with Crippen LogP contribution >= 0.6 is 0 Å². The Morgan fingerprint density at radius 3 is 2.22 bits per heavy atom. The molecule has 3 heterocycles. The van der Waals surface area contributed by atoms with Gasteiger partial charge in [-0.1, -0.05) is 0 Å². The molecule has 3 saturated heterocycles. The van der Waals surface area contributed by atoms with Crippen molar-refractivity contribution in [2.45, 2.75) is 19.3 Å². The van der Waals surface area contributed by atoms with E-state index >= 15 is 0 Å². The highest BCUT2D eigenvalue weighted by molar-refractivity contribution is 5.78. The zero-order chi connectivity index (χ0) is 12.5. The van der Waals surface area contributed by atoms with Crippen molar-refractivity contribution < 1.29 is 4.79 Å². The minimum Gasteiger partial charge on any atom is -0.342 e. The fraction of sp³-hybridized carbons (Fsp3) is 0.929. The number of rotatable bonds is 2. The molecule has 4 nitrogen and oxygen atoms in total. The lowest BCUT2D eigenvalue weighted by atomic mass is 10.0. The van der Waals surface area contributed by atoms with Crippen LogP contribution in [0.4, 0.5) is 0 Å². The van der Waals surface area contributed by atoms with Gasteiger partial charge in [0.1, 0.15) is 0 Å².